The van der Waals surface area contributed by atoms with Gasteiger partial charge in [0.2, 0.25) is 0 Å². The normalized spacial score (nSPS) is 14.8. The second kappa shape index (κ2) is 5.38. The number of alkyl halides is 2. The summed E-state index contributed by atoms with van der Waals surface area (Å²) in [5, 5.41) is 1.13. The molecule has 2 aromatic rings. The van der Waals surface area contributed by atoms with E-state index in [1.54, 1.807) is 18.5 Å². The average Bonchev–Trinajstić information content (AvgIpc) is 2.94. The van der Waals surface area contributed by atoms with Gasteiger partial charge in [0.15, 0.2) is 10.8 Å². The number of imidazole rings is 1. The SMILES string of the molecule is FC(F)c1cnc(-c2ncc3n2C=C(Br)C=C(Cl)C3)s1. The van der Waals surface area contributed by atoms with Gasteiger partial charge in [-0.3, -0.25) is 0 Å². The minimum absolute atomic E-state index is 0.0647. The molecule has 0 aliphatic carbocycles. The molecule has 0 saturated heterocycles. The molecular weight excluding hydrogens is 372 g/mol. The molecule has 0 unspecified atom stereocenters. The average molecular weight is 379 g/mol. The van der Waals surface area contributed by atoms with Gasteiger partial charge in [-0.15, -0.1) is 11.3 Å². The Morgan fingerprint density at radius 1 is 1.35 bits per heavy atom. The molecule has 0 N–H and O–H groups in total. The predicted octanol–water partition coefficient (Wildman–Crippen LogP) is 4.82. The molecule has 20 heavy (non-hydrogen) atoms. The maximum Gasteiger partial charge on any atom is 0.274 e. The zero-order valence-electron chi connectivity index (χ0n) is 9.86. The summed E-state index contributed by atoms with van der Waals surface area (Å²) in [6.07, 6.45) is 4.48. The maximum atomic E-state index is 12.6. The van der Waals surface area contributed by atoms with Crippen LogP contribution in [0, 0.1) is 0 Å². The maximum absolute atomic E-state index is 12.6. The lowest BCUT2D eigenvalue weighted by Gasteiger charge is -2.03. The highest BCUT2D eigenvalue weighted by atomic mass is 79.9. The van der Waals surface area contributed by atoms with Gasteiger partial charge in [0.1, 0.15) is 0 Å². The van der Waals surface area contributed by atoms with Gasteiger partial charge in [0.05, 0.1) is 4.88 Å². The van der Waals surface area contributed by atoms with E-state index in [4.69, 9.17) is 11.6 Å². The van der Waals surface area contributed by atoms with Crippen molar-refractivity contribution >= 4 is 45.1 Å². The van der Waals surface area contributed by atoms with E-state index in [0.29, 0.717) is 22.3 Å². The molecule has 3 heterocycles. The summed E-state index contributed by atoms with van der Waals surface area (Å²) in [6, 6.07) is 0. The number of thiazole rings is 1. The highest BCUT2D eigenvalue weighted by Gasteiger charge is 2.19. The number of halogens is 4. The predicted molar refractivity (Wildman–Crippen MR) is 79.1 cm³/mol. The van der Waals surface area contributed by atoms with Crippen LogP contribution in [0.1, 0.15) is 17.0 Å². The third kappa shape index (κ3) is 2.57. The first-order chi connectivity index (χ1) is 9.54. The Hall–Kier alpha value is -1.05. The lowest BCUT2D eigenvalue weighted by Crippen LogP contribution is -1.96. The van der Waals surface area contributed by atoms with Crippen molar-refractivity contribution in [3.63, 3.8) is 0 Å². The van der Waals surface area contributed by atoms with E-state index >= 15 is 0 Å². The molecule has 1 aliphatic rings. The standard InChI is InChI=1S/C12H7BrClF2N3S/c13-6-1-7(14)2-8-3-17-11(19(8)5-6)12-18-4-9(20-12)10(15)16/h1,3-5,10H,2H2. The van der Waals surface area contributed by atoms with Gasteiger partial charge >= 0.3 is 0 Å². The molecule has 8 heteroatoms. The van der Waals surface area contributed by atoms with Crippen LogP contribution >= 0.6 is 38.9 Å². The molecule has 1 aliphatic heterocycles. The molecule has 0 spiro atoms. The van der Waals surface area contributed by atoms with E-state index in [9.17, 15) is 8.78 Å². The molecule has 0 fully saturated rings. The first-order valence-electron chi connectivity index (χ1n) is 5.58. The van der Waals surface area contributed by atoms with E-state index in [1.165, 1.54) is 6.20 Å². The van der Waals surface area contributed by atoms with Crippen molar-refractivity contribution in [3.8, 4) is 10.8 Å². The fourth-order valence-electron chi connectivity index (χ4n) is 1.85. The lowest BCUT2D eigenvalue weighted by atomic mass is 10.3. The van der Waals surface area contributed by atoms with Crippen molar-refractivity contribution in [3.05, 3.63) is 38.6 Å². The largest absolute Gasteiger partial charge is 0.300 e. The Kier molecular flexibility index (Phi) is 3.74. The molecule has 0 amide bonds. The topological polar surface area (TPSA) is 30.7 Å². The van der Waals surface area contributed by atoms with Gasteiger partial charge in [0, 0.05) is 40.2 Å². The number of allylic oxidation sites excluding steroid dienone is 3. The second-order valence-electron chi connectivity index (χ2n) is 4.09. The van der Waals surface area contributed by atoms with Gasteiger partial charge in [-0.05, 0) is 22.0 Å². The minimum atomic E-state index is -2.52. The Morgan fingerprint density at radius 3 is 2.85 bits per heavy atom. The Labute approximate surface area is 130 Å². The summed E-state index contributed by atoms with van der Waals surface area (Å²) in [5.74, 6) is 0.536. The van der Waals surface area contributed by atoms with Crippen LogP contribution in [0.3, 0.4) is 0 Å². The first kappa shape index (κ1) is 13.9. The van der Waals surface area contributed by atoms with Gasteiger partial charge < -0.3 is 4.57 Å². The zero-order valence-corrected chi connectivity index (χ0v) is 13.0. The Bertz CT molecular complexity index is 720. The summed E-state index contributed by atoms with van der Waals surface area (Å²) >= 11 is 10.4. The van der Waals surface area contributed by atoms with E-state index in [0.717, 1.165) is 21.5 Å². The number of hydrogen-bond acceptors (Lipinski definition) is 3. The Balaban J connectivity index is 2.07. The number of rotatable bonds is 2. The van der Waals surface area contributed by atoms with Crippen LogP contribution in [0.2, 0.25) is 0 Å². The van der Waals surface area contributed by atoms with Gasteiger partial charge in [-0.1, -0.05) is 11.6 Å². The third-order valence-corrected chi connectivity index (χ3v) is 4.38. The third-order valence-electron chi connectivity index (χ3n) is 2.70. The van der Waals surface area contributed by atoms with Crippen LogP contribution in [0.5, 0.6) is 0 Å². The Morgan fingerprint density at radius 2 is 2.15 bits per heavy atom. The summed E-state index contributed by atoms with van der Waals surface area (Å²) in [4.78, 5) is 8.22. The van der Waals surface area contributed by atoms with Crippen molar-refractivity contribution in [2.75, 3.05) is 0 Å². The van der Waals surface area contributed by atoms with Gasteiger partial charge in [-0.25, -0.2) is 18.7 Å². The van der Waals surface area contributed by atoms with E-state index < -0.39 is 6.43 Å². The number of hydrogen-bond donors (Lipinski definition) is 0. The molecule has 3 rings (SSSR count). The van der Waals surface area contributed by atoms with Crippen LogP contribution in [0.4, 0.5) is 8.78 Å². The number of aromatic nitrogens is 3. The molecule has 0 saturated carbocycles. The van der Waals surface area contributed by atoms with Crippen LogP contribution < -0.4 is 0 Å². The molecule has 0 atom stereocenters. The summed E-state index contributed by atoms with van der Waals surface area (Å²) in [5.41, 5.74) is 0.879. The highest BCUT2D eigenvalue weighted by molar-refractivity contribution is 9.12. The van der Waals surface area contributed by atoms with Crippen LogP contribution in [0.25, 0.3) is 17.0 Å². The smallest absolute Gasteiger partial charge is 0.274 e. The van der Waals surface area contributed by atoms with Crippen LogP contribution in [0.15, 0.2) is 28.0 Å². The molecule has 0 radical (unpaired) electrons. The van der Waals surface area contributed by atoms with E-state index in [-0.39, 0.29) is 4.88 Å². The molecule has 104 valence electrons. The van der Waals surface area contributed by atoms with Crippen molar-refractivity contribution in [2.24, 2.45) is 0 Å². The highest BCUT2D eigenvalue weighted by Crippen LogP contribution is 2.33. The van der Waals surface area contributed by atoms with Gasteiger partial charge in [0.25, 0.3) is 6.43 Å². The fraction of sp³-hybridized carbons (Fsp3) is 0.167. The van der Waals surface area contributed by atoms with Crippen molar-refractivity contribution in [2.45, 2.75) is 12.8 Å². The quantitative estimate of drug-likeness (QED) is 0.750. The fourth-order valence-corrected chi connectivity index (χ4v) is 3.49. The molecule has 0 aromatic carbocycles. The van der Waals surface area contributed by atoms with Gasteiger partial charge in [-0.2, -0.15) is 0 Å². The molecular formula is C12H7BrClF2N3S. The summed E-state index contributed by atoms with van der Waals surface area (Å²) < 4.78 is 27.9. The van der Waals surface area contributed by atoms with Crippen molar-refractivity contribution in [1.82, 2.24) is 14.5 Å². The summed E-state index contributed by atoms with van der Waals surface area (Å²) in [6.45, 7) is 0. The van der Waals surface area contributed by atoms with Crippen LogP contribution in [-0.2, 0) is 6.42 Å². The minimum Gasteiger partial charge on any atom is -0.300 e. The number of fused-ring (bicyclic) bond motifs is 1. The molecule has 0 bridgehead atoms. The summed E-state index contributed by atoms with van der Waals surface area (Å²) in [7, 11) is 0. The van der Waals surface area contributed by atoms with E-state index in [2.05, 4.69) is 25.9 Å². The zero-order chi connectivity index (χ0) is 14.3. The second-order valence-corrected chi connectivity index (χ2v) is 6.56. The lowest BCUT2D eigenvalue weighted by molar-refractivity contribution is 0.155. The van der Waals surface area contributed by atoms with E-state index in [1.807, 2.05) is 4.57 Å². The number of nitrogens with zero attached hydrogens (tertiary/aromatic N) is 3. The van der Waals surface area contributed by atoms with Crippen LogP contribution in [-0.4, -0.2) is 14.5 Å². The van der Waals surface area contributed by atoms with Crippen molar-refractivity contribution in [1.29, 1.82) is 0 Å². The van der Waals surface area contributed by atoms with Crippen molar-refractivity contribution < 1.29 is 8.78 Å². The molecule has 2 aromatic heterocycles. The monoisotopic (exact) mass is 377 g/mol. The molecule has 3 nitrogen and oxygen atoms in total. The first-order valence-corrected chi connectivity index (χ1v) is 7.57.